The highest BCUT2D eigenvalue weighted by atomic mass is 16.1. The van der Waals surface area contributed by atoms with Crippen molar-refractivity contribution in [3.05, 3.63) is 12.3 Å². The average molecular weight is 239 g/mol. The molecule has 0 atom stereocenters. The number of aromatic nitrogens is 2. The maximum Gasteiger partial charge on any atom is 0.221 e. The fraction of sp³-hybridized carbons (Fsp3) is 0.636. The molecule has 0 fully saturated rings. The second-order valence-electron chi connectivity index (χ2n) is 4.08. The molecule has 0 saturated carbocycles. The highest BCUT2D eigenvalue weighted by Crippen LogP contribution is 1.98. The molecule has 1 rings (SSSR count). The Morgan fingerprint density at radius 3 is 2.94 bits per heavy atom. The van der Waals surface area contributed by atoms with Crippen LogP contribution in [-0.4, -0.2) is 47.8 Å². The zero-order chi connectivity index (χ0) is 12.7. The number of nitrogens with one attached hydrogen (secondary N) is 1. The van der Waals surface area contributed by atoms with Crippen LogP contribution in [0.25, 0.3) is 0 Å². The highest BCUT2D eigenvalue weighted by molar-refractivity contribution is 5.75. The molecule has 1 aromatic rings. The molecule has 3 N–H and O–H groups in total. The van der Waals surface area contributed by atoms with Crippen molar-refractivity contribution in [2.45, 2.75) is 19.4 Å². The molecule has 0 aliphatic rings. The third kappa shape index (κ3) is 5.35. The first kappa shape index (κ1) is 13.5. The lowest BCUT2D eigenvalue weighted by Gasteiger charge is -2.15. The molecule has 0 aliphatic carbocycles. The minimum absolute atomic E-state index is 0.0803. The van der Waals surface area contributed by atoms with E-state index >= 15 is 0 Å². The zero-order valence-electron chi connectivity index (χ0n) is 10.5. The fourth-order valence-corrected chi connectivity index (χ4v) is 1.53. The van der Waals surface area contributed by atoms with E-state index in [-0.39, 0.29) is 5.91 Å². The van der Waals surface area contributed by atoms with Crippen LogP contribution in [0.4, 0.5) is 5.82 Å². The standard InChI is InChI=1S/C11H21N5O/c1-13-11(17)5-8-15(2)6-3-7-16-9-4-10(12)14-16/h4,9H,3,5-8H2,1-2H3,(H2,12,14)(H,13,17). The summed E-state index contributed by atoms with van der Waals surface area (Å²) >= 11 is 0. The lowest BCUT2D eigenvalue weighted by Crippen LogP contribution is -2.27. The number of nitrogens with two attached hydrogens (primary N) is 1. The molecule has 0 spiro atoms. The fourth-order valence-electron chi connectivity index (χ4n) is 1.53. The second kappa shape index (κ2) is 6.90. The van der Waals surface area contributed by atoms with E-state index in [2.05, 4.69) is 15.3 Å². The van der Waals surface area contributed by atoms with Gasteiger partial charge in [-0.05, 0) is 26.1 Å². The molecule has 1 amide bonds. The van der Waals surface area contributed by atoms with Crippen LogP contribution >= 0.6 is 0 Å². The lowest BCUT2D eigenvalue weighted by molar-refractivity contribution is -0.120. The van der Waals surface area contributed by atoms with Crippen molar-refractivity contribution >= 4 is 11.7 Å². The van der Waals surface area contributed by atoms with E-state index in [1.54, 1.807) is 13.1 Å². The molecule has 17 heavy (non-hydrogen) atoms. The molecule has 0 unspecified atom stereocenters. The van der Waals surface area contributed by atoms with Gasteiger partial charge in [-0.25, -0.2) is 0 Å². The molecular formula is C11H21N5O. The molecule has 0 saturated heterocycles. The minimum atomic E-state index is 0.0803. The maximum absolute atomic E-state index is 11.0. The Labute approximate surface area is 102 Å². The predicted octanol–water partition coefficient (Wildman–Crippen LogP) is -0.0767. The first-order valence-electron chi connectivity index (χ1n) is 5.80. The van der Waals surface area contributed by atoms with Crippen molar-refractivity contribution in [2.75, 3.05) is 32.9 Å². The molecular weight excluding hydrogens is 218 g/mol. The van der Waals surface area contributed by atoms with Crippen LogP contribution in [0.5, 0.6) is 0 Å². The highest BCUT2D eigenvalue weighted by Gasteiger charge is 2.02. The largest absolute Gasteiger partial charge is 0.382 e. The molecule has 6 heteroatoms. The van der Waals surface area contributed by atoms with Crippen LogP contribution in [0.1, 0.15) is 12.8 Å². The summed E-state index contributed by atoms with van der Waals surface area (Å²) in [6.45, 7) is 2.57. The summed E-state index contributed by atoms with van der Waals surface area (Å²) < 4.78 is 1.84. The van der Waals surface area contributed by atoms with Crippen molar-refractivity contribution in [1.29, 1.82) is 0 Å². The number of nitrogen functional groups attached to an aromatic ring is 1. The molecule has 1 aromatic heterocycles. The minimum Gasteiger partial charge on any atom is -0.382 e. The van der Waals surface area contributed by atoms with Gasteiger partial charge in [0.2, 0.25) is 5.91 Å². The number of hydrogen-bond acceptors (Lipinski definition) is 4. The SMILES string of the molecule is CNC(=O)CCN(C)CCCn1ccc(N)n1. The summed E-state index contributed by atoms with van der Waals surface area (Å²) in [5, 5.41) is 6.72. The van der Waals surface area contributed by atoms with Gasteiger partial charge in [-0.15, -0.1) is 0 Å². The summed E-state index contributed by atoms with van der Waals surface area (Å²) in [7, 11) is 3.67. The third-order valence-corrected chi connectivity index (χ3v) is 2.59. The average Bonchev–Trinajstić information content (AvgIpc) is 2.72. The van der Waals surface area contributed by atoms with E-state index in [9.17, 15) is 4.79 Å². The smallest absolute Gasteiger partial charge is 0.221 e. The quantitative estimate of drug-likeness (QED) is 0.698. The third-order valence-electron chi connectivity index (χ3n) is 2.59. The van der Waals surface area contributed by atoms with Crippen LogP contribution in [0.15, 0.2) is 12.3 Å². The van der Waals surface area contributed by atoms with E-state index in [0.717, 1.165) is 26.1 Å². The van der Waals surface area contributed by atoms with Gasteiger partial charge < -0.3 is 16.0 Å². The number of carbonyl (C=O) groups is 1. The molecule has 0 aliphatic heterocycles. The summed E-state index contributed by atoms with van der Waals surface area (Å²) in [6.07, 6.45) is 3.41. The van der Waals surface area contributed by atoms with Gasteiger partial charge in [0, 0.05) is 32.8 Å². The first-order chi connectivity index (χ1) is 8.11. The summed E-state index contributed by atoms with van der Waals surface area (Å²) in [5.74, 6) is 0.634. The van der Waals surface area contributed by atoms with Crippen molar-refractivity contribution in [1.82, 2.24) is 20.0 Å². The molecule has 96 valence electrons. The Balaban J connectivity index is 2.11. The van der Waals surface area contributed by atoms with Crippen molar-refractivity contribution in [3.63, 3.8) is 0 Å². The summed E-state index contributed by atoms with van der Waals surface area (Å²) in [6, 6.07) is 1.79. The van der Waals surface area contributed by atoms with Gasteiger partial charge in [-0.1, -0.05) is 0 Å². The van der Waals surface area contributed by atoms with Gasteiger partial charge in [0.15, 0.2) is 0 Å². The number of amides is 1. The Morgan fingerprint density at radius 2 is 2.35 bits per heavy atom. The second-order valence-corrected chi connectivity index (χ2v) is 4.08. The van der Waals surface area contributed by atoms with E-state index < -0.39 is 0 Å². The monoisotopic (exact) mass is 239 g/mol. The van der Waals surface area contributed by atoms with E-state index in [0.29, 0.717) is 12.2 Å². The molecule has 0 bridgehead atoms. The van der Waals surface area contributed by atoms with Gasteiger partial charge in [-0.3, -0.25) is 9.48 Å². The Kier molecular flexibility index (Phi) is 5.48. The molecule has 1 heterocycles. The molecule has 0 aromatic carbocycles. The van der Waals surface area contributed by atoms with Crippen LogP contribution in [0.2, 0.25) is 0 Å². The van der Waals surface area contributed by atoms with Crippen LogP contribution < -0.4 is 11.1 Å². The number of nitrogens with zero attached hydrogens (tertiary/aromatic N) is 3. The Hall–Kier alpha value is -1.56. The number of carbonyl (C=O) groups excluding carboxylic acids is 1. The van der Waals surface area contributed by atoms with Crippen molar-refractivity contribution < 1.29 is 4.79 Å². The lowest BCUT2D eigenvalue weighted by atomic mass is 10.3. The number of aryl methyl sites for hydroxylation is 1. The van der Waals surface area contributed by atoms with Crippen LogP contribution in [-0.2, 0) is 11.3 Å². The Morgan fingerprint density at radius 1 is 1.59 bits per heavy atom. The zero-order valence-corrected chi connectivity index (χ0v) is 10.5. The van der Waals surface area contributed by atoms with Gasteiger partial charge in [-0.2, -0.15) is 5.10 Å². The van der Waals surface area contributed by atoms with Crippen LogP contribution in [0.3, 0.4) is 0 Å². The van der Waals surface area contributed by atoms with Crippen molar-refractivity contribution in [2.24, 2.45) is 0 Å². The number of anilines is 1. The number of hydrogen-bond donors (Lipinski definition) is 2. The molecule has 6 nitrogen and oxygen atoms in total. The van der Waals surface area contributed by atoms with Gasteiger partial charge >= 0.3 is 0 Å². The summed E-state index contributed by atoms with van der Waals surface area (Å²) in [5.41, 5.74) is 5.52. The Bertz CT molecular complexity index is 349. The van der Waals surface area contributed by atoms with Crippen molar-refractivity contribution in [3.8, 4) is 0 Å². The molecule has 0 radical (unpaired) electrons. The number of rotatable bonds is 7. The predicted molar refractivity (Wildman–Crippen MR) is 67.4 cm³/mol. The normalized spacial score (nSPS) is 10.8. The van der Waals surface area contributed by atoms with Crippen LogP contribution in [0, 0.1) is 0 Å². The van der Waals surface area contributed by atoms with Gasteiger partial charge in [0.1, 0.15) is 5.82 Å². The van der Waals surface area contributed by atoms with E-state index in [1.807, 2.05) is 17.9 Å². The first-order valence-corrected chi connectivity index (χ1v) is 5.80. The van der Waals surface area contributed by atoms with E-state index in [4.69, 9.17) is 5.73 Å². The van der Waals surface area contributed by atoms with Gasteiger partial charge in [0.25, 0.3) is 0 Å². The topological polar surface area (TPSA) is 76.2 Å². The van der Waals surface area contributed by atoms with Gasteiger partial charge in [0.05, 0.1) is 0 Å². The maximum atomic E-state index is 11.0. The summed E-state index contributed by atoms with van der Waals surface area (Å²) in [4.78, 5) is 13.2. The van der Waals surface area contributed by atoms with E-state index in [1.165, 1.54) is 0 Å².